The second-order valence-corrected chi connectivity index (χ2v) is 7.45. The second-order valence-electron chi connectivity index (χ2n) is 5.97. The van der Waals surface area contributed by atoms with Gasteiger partial charge in [-0.2, -0.15) is 0 Å². The molecule has 0 radical (unpaired) electrons. The molecule has 3 rings (SSSR count). The van der Waals surface area contributed by atoms with Gasteiger partial charge in [0.15, 0.2) is 0 Å². The molecule has 0 heterocycles. The van der Waals surface area contributed by atoms with Crippen LogP contribution in [0.2, 0.25) is 0 Å². The number of rotatable bonds is 5. The molecule has 0 aliphatic heterocycles. The fraction of sp³-hybridized carbons (Fsp3) is 0.316. The van der Waals surface area contributed by atoms with Gasteiger partial charge in [-0.25, -0.2) is 0 Å². The third-order valence-corrected chi connectivity index (χ3v) is 5.10. The van der Waals surface area contributed by atoms with E-state index in [0.717, 1.165) is 30.4 Å². The normalized spacial score (nSPS) is 15.7. The standard InChI is InChI=1S/C19H21NO2S/c1-23(22)13-18(15-7-3-2-4-8-15)20-19(21)17-12-6-10-14-9-5-11-16(14)17/h2-4,6-8,10,12,18H,5,9,11,13H2,1H3,(H,20,21)/t18-,23+/m1/s1. The maximum Gasteiger partial charge on any atom is 0.252 e. The molecule has 4 heteroatoms. The van der Waals surface area contributed by atoms with Crippen LogP contribution in [0, 0.1) is 0 Å². The van der Waals surface area contributed by atoms with Crippen LogP contribution in [0.1, 0.15) is 39.5 Å². The van der Waals surface area contributed by atoms with Crippen molar-refractivity contribution in [2.75, 3.05) is 12.0 Å². The number of nitrogens with one attached hydrogen (secondary N) is 1. The molecule has 0 saturated heterocycles. The van der Waals surface area contributed by atoms with Crippen molar-refractivity contribution < 1.29 is 9.00 Å². The van der Waals surface area contributed by atoms with Crippen molar-refractivity contribution in [2.45, 2.75) is 25.3 Å². The van der Waals surface area contributed by atoms with Crippen LogP contribution in [0.25, 0.3) is 0 Å². The van der Waals surface area contributed by atoms with Crippen LogP contribution in [0.3, 0.4) is 0 Å². The molecule has 0 bridgehead atoms. The van der Waals surface area contributed by atoms with Crippen LogP contribution in [0.5, 0.6) is 0 Å². The number of benzene rings is 2. The Balaban J connectivity index is 1.84. The molecule has 1 aliphatic carbocycles. The minimum absolute atomic E-state index is 0.0666. The third kappa shape index (κ3) is 3.70. The topological polar surface area (TPSA) is 46.2 Å². The molecule has 120 valence electrons. The Kier molecular flexibility index (Phi) is 4.91. The SMILES string of the molecule is C[S@](=O)C[C@@H](NC(=O)c1cccc2c1CCC2)c1ccccc1. The van der Waals surface area contributed by atoms with Crippen molar-refractivity contribution in [1.29, 1.82) is 0 Å². The number of carbonyl (C=O) groups excluding carboxylic acids is 1. The van der Waals surface area contributed by atoms with Gasteiger partial charge in [0.2, 0.25) is 0 Å². The number of amides is 1. The number of aryl methyl sites for hydroxylation is 1. The van der Waals surface area contributed by atoms with Gasteiger partial charge < -0.3 is 5.32 Å². The Morgan fingerprint density at radius 1 is 1.13 bits per heavy atom. The first kappa shape index (κ1) is 15.9. The Bertz CT molecular complexity index is 727. The van der Waals surface area contributed by atoms with Gasteiger partial charge in [0.05, 0.1) is 6.04 Å². The van der Waals surface area contributed by atoms with Gasteiger partial charge in [0.25, 0.3) is 5.91 Å². The lowest BCUT2D eigenvalue weighted by molar-refractivity contribution is 0.0939. The van der Waals surface area contributed by atoms with E-state index >= 15 is 0 Å². The maximum atomic E-state index is 12.8. The zero-order chi connectivity index (χ0) is 16.2. The summed E-state index contributed by atoms with van der Waals surface area (Å²) >= 11 is 0. The van der Waals surface area contributed by atoms with E-state index in [1.807, 2.05) is 42.5 Å². The molecular formula is C19H21NO2S. The summed E-state index contributed by atoms with van der Waals surface area (Å²) in [5.41, 5.74) is 4.22. The highest BCUT2D eigenvalue weighted by Gasteiger charge is 2.22. The smallest absolute Gasteiger partial charge is 0.252 e. The zero-order valence-electron chi connectivity index (χ0n) is 13.2. The van der Waals surface area contributed by atoms with Gasteiger partial charge in [-0.1, -0.05) is 42.5 Å². The summed E-state index contributed by atoms with van der Waals surface area (Å²) in [5, 5.41) is 3.08. The summed E-state index contributed by atoms with van der Waals surface area (Å²) in [6.45, 7) is 0. The van der Waals surface area contributed by atoms with Crippen LogP contribution in [-0.2, 0) is 23.6 Å². The van der Waals surface area contributed by atoms with E-state index in [0.29, 0.717) is 5.75 Å². The second kappa shape index (κ2) is 7.09. The molecule has 2 aromatic carbocycles. The minimum Gasteiger partial charge on any atom is -0.344 e. The predicted octanol–water partition coefficient (Wildman–Crippen LogP) is 3.02. The van der Waals surface area contributed by atoms with Crippen LogP contribution < -0.4 is 5.32 Å². The maximum absolute atomic E-state index is 12.8. The lowest BCUT2D eigenvalue weighted by atomic mass is 10.0. The molecular weight excluding hydrogens is 306 g/mol. The molecule has 1 aliphatic rings. The van der Waals surface area contributed by atoms with Crippen LogP contribution >= 0.6 is 0 Å². The predicted molar refractivity (Wildman–Crippen MR) is 94.0 cm³/mol. The Morgan fingerprint density at radius 3 is 2.65 bits per heavy atom. The van der Waals surface area contributed by atoms with Gasteiger partial charge in [-0.3, -0.25) is 9.00 Å². The van der Waals surface area contributed by atoms with Crippen molar-refractivity contribution >= 4 is 16.7 Å². The third-order valence-electron chi connectivity index (χ3n) is 4.30. The molecule has 0 spiro atoms. The molecule has 0 fully saturated rings. The van der Waals surface area contributed by atoms with E-state index in [9.17, 15) is 9.00 Å². The lowest BCUT2D eigenvalue weighted by Gasteiger charge is -2.19. The van der Waals surface area contributed by atoms with E-state index in [4.69, 9.17) is 0 Å². The van der Waals surface area contributed by atoms with Crippen molar-refractivity contribution in [3.05, 3.63) is 70.8 Å². The van der Waals surface area contributed by atoms with Crippen LogP contribution in [-0.4, -0.2) is 22.1 Å². The average molecular weight is 327 g/mol. The summed E-state index contributed by atoms with van der Waals surface area (Å²) in [4.78, 5) is 12.8. The van der Waals surface area contributed by atoms with Gasteiger partial charge in [0.1, 0.15) is 0 Å². The quantitative estimate of drug-likeness (QED) is 0.917. The van der Waals surface area contributed by atoms with Crippen molar-refractivity contribution in [2.24, 2.45) is 0 Å². The Morgan fingerprint density at radius 2 is 1.91 bits per heavy atom. The number of hydrogen-bond acceptors (Lipinski definition) is 2. The van der Waals surface area contributed by atoms with Gasteiger partial charge in [0, 0.05) is 28.4 Å². The van der Waals surface area contributed by atoms with Crippen molar-refractivity contribution in [1.82, 2.24) is 5.32 Å². The first-order chi connectivity index (χ1) is 11.1. The molecule has 2 aromatic rings. The monoisotopic (exact) mass is 327 g/mol. The van der Waals surface area contributed by atoms with E-state index in [2.05, 4.69) is 11.4 Å². The number of carbonyl (C=O) groups is 1. The van der Waals surface area contributed by atoms with E-state index in [1.165, 1.54) is 11.1 Å². The average Bonchev–Trinajstić information content (AvgIpc) is 3.03. The van der Waals surface area contributed by atoms with Crippen molar-refractivity contribution in [3.63, 3.8) is 0 Å². The molecule has 1 amide bonds. The van der Waals surface area contributed by atoms with Gasteiger partial charge in [-0.15, -0.1) is 0 Å². The number of fused-ring (bicyclic) bond motifs is 1. The van der Waals surface area contributed by atoms with Crippen molar-refractivity contribution in [3.8, 4) is 0 Å². The summed E-state index contributed by atoms with van der Waals surface area (Å²) in [7, 11) is -0.983. The Labute approximate surface area is 139 Å². The molecule has 2 atom stereocenters. The van der Waals surface area contributed by atoms with Gasteiger partial charge in [-0.05, 0) is 42.0 Å². The highest BCUT2D eigenvalue weighted by molar-refractivity contribution is 7.84. The molecule has 23 heavy (non-hydrogen) atoms. The van der Waals surface area contributed by atoms with E-state index in [1.54, 1.807) is 6.26 Å². The molecule has 0 aromatic heterocycles. The molecule has 3 nitrogen and oxygen atoms in total. The van der Waals surface area contributed by atoms with Crippen LogP contribution in [0.15, 0.2) is 48.5 Å². The van der Waals surface area contributed by atoms with E-state index < -0.39 is 10.8 Å². The Hall–Kier alpha value is -1.94. The zero-order valence-corrected chi connectivity index (χ0v) is 14.1. The largest absolute Gasteiger partial charge is 0.344 e. The summed E-state index contributed by atoms with van der Waals surface area (Å²) < 4.78 is 11.7. The van der Waals surface area contributed by atoms with Gasteiger partial charge >= 0.3 is 0 Å². The fourth-order valence-corrected chi connectivity index (χ4v) is 3.95. The minimum atomic E-state index is -0.983. The summed E-state index contributed by atoms with van der Waals surface area (Å²) in [6, 6.07) is 15.5. The first-order valence-electron chi connectivity index (χ1n) is 7.92. The highest BCUT2D eigenvalue weighted by Crippen LogP contribution is 2.26. The summed E-state index contributed by atoms with van der Waals surface area (Å²) in [5.74, 6) is 0.355. The van der Waals surface area contributed by atoms with Crippen LogP contribution in [0.4, 0.5) is 0 Å². The molecule has 0 saturated carbocycles. The molecule has 0 unspecified atom stereocenters. The summed E-state index contributed by atoms with van der Waals surface area (Å²) in [6.07, 6.45) is 4.80. The fourth-order valence-electron chi connectivity index (χ4n) is 3.21. The van der Waals surface area contributed by atoms with E-state index in [-0.39, 0.29) is 11.9 Å². The first-order valence-corrected chi connectivity index (χ1v) is 9.64. The highest BCUT2D eigenvalue weighted by atomic mass is 32.2. The molecule has 1 N–H and O–H groups in total. The lowest BCUT2D eigenvalue weighted by Crippen LogP contribution is -2.32. The number of hydrogen-bond donors (Lipinski definition) is 1.